The van der Waals surface area contributed by atoms with Crippen molar-refractivity contribution in [3.8, 4) is 11.3 Å². The summed E-state index contributed by atoms with van der Waals surface area (Å²) >= 11 is 0. The Bertz CT molecular complexity index is 579. The zero-order valence-corrected chi connectivity index (χ0v) is 9.33. The van der Waals surface area contributed by atoms with E-state index >= 15 is 0 Å². The number of carboxylic acid groups (broad SMARTS) is 1. The standard InChI is InChI=1S/C13H10N2O3/c16-8-11-2-1-3-12(14-11)9-4-6-10(7-5-9)15-13(17)18/h1-8,15H,(H,17,18). The van der Waals surface area contributed by atoms with Gasteiger partial charge in [0.25, 0.3) is 0 Å². The first kappa shape index (κ1) is 11.8. The maximum atomic E-state index is 10.6. The molecule has 0 unspecified atom stereocenters. The lowest BCUT2D eigenvalue weighted by atomic mass is 10.1. The van der Waals surface area contributed by atoms with Gasteiger partial charge in [0.1, 0.15) is 5.69 Å². The average Bonchev–Trinajstić information content (AvgIpc) is 2.39. The Morgan fingerprint density at radius 1 is 1.17 bits per heavy atom. The van der Waals surface area contributed by atoms with Gasteiger partial charge in [0.2, 0.25) is 0 Å². The zero-order chi connectivity index (χ0) is 13.0. The highest BCUT2D eigenvalue weighted by atomic mass is 16.4. The minimum Gasteiger partial charge on any atom is -0.465 e. The number of benzene rings is 1. The highest BCUT2D eigenvalue weighted by Gasteiger charge is 2.02. The van der Waals surface area contributed by atoms with Crippen molar-refractivity contribution in [3.63, 3.8) is 0 Å². The van der Waals surface area contributed by atoms with Crippen LogP contribution in [0.3, 0.4) is 0 Å². The molecule has 0 radical (unpaired) electrons. The lowest BCUT2D eigenvalue weighted by Gasteiger charge is -2.04. The maximum Gasteiger partial charge on any atom is 0.409 e. The monoisotopic (exact) mass is 242 g/mol. The molecule has 1 heterocycles. The Kier molecular flexibility index (Phi) is 3.33. The predicted octanol–water partition coefficient (Wildman–Crippen LogP) is 2.65. The van der Waals surface area contributed by atoms with Crippen molar-refractivity contribution in [1.29, 1.82) is 0 Å². The number of carbonyl (C=O) groups is 2. The van der Waals surface area contributed by atoms with Crippen molar-refractivity contribution in [2.45, 2.75) is 0 Å². The fraction of sp³-hybridized carbons (Fsp3) is 0. The third-order valence-electron chi connectivity index (χ3n) is 2.32. The lowest BCUT2D eigenvalue weighted by molar-refractivity contribution is 0.111. The molecule has 5 nitrogen and oxygen atoms in total. The first-order chi connectivity index (χ1) is 8.69. The quantitative estimate of drug-likeness (QED) is 0.811. The molecule has 5 heteroatoms. The number of aromatic nitrogens is 1. The van der Waals surface area contributed by atoms with E-state index in [0.29, 0.717) is 23.4 Å². The molecule has 0 fully saturated rings. The molecule has 2 N–H and O–H groups in total. The Labute approximate surface area is 103 Å². The summed E-state index contributed by atoms with van der Waals surface area (Å²) in [6.07, 6.45) is -0.423. The largest absolute Gasteiger partial charge is 0.465 e. The van der Waals surface area contributed by atoms with E-state index in [-0.39, 0.29) is 0 Å². The number of rotatable bonds is 3. The SMILES string of the molecule is O=Cc1cccc(-c2ccc(NC(=O)O)cc2)n1. The van der Waals surface area contributed by atoms with Gasteiger partial charge < -0.3 is 5.11 Å². The lowest BCUT2D eigenvalue weighted by Crippen LogP contribution is -2.06. The second-order valence-corrected chi connectivity index (χ2v) is 3.57. The average molecular weight is 242 g/mol. The van der Waals surface area contributed by atoms with E-state index < -0.39 is 6.09 Å². The van der Waals surface area contributed by atoms with Gasteiger partial charge in [-0.1, -0.05) is 18.2 Å². The van der Waals surface area contributed by atoms with Gasteiger partial charge in [-0.3, -0.25) is 10.1 Å². The van der Waals surface area contributed by atoms with E-state index in [4.69, 9.17) is 5.11 Å². The number of aldehydes is 1. The Hall–Kier alpha value is -2.69. The smallest absolute Gasteiger partial charge is 0.409 e. The summed E-state index contributed by atoms with van der Waals surface area (Å²) in [5, 5.41) is 10.8. The number of amides is 1. The summed E-state index contributed by atoms with van der Waals surface area (Å²) in [7, 11) is 0. The summed E-state index contributed by atoms with van der Waals surface area (Å²) in [6, 6.07) is 11.9. The van der Waals surface area contributed by atoms with Gasteiger partial charge >= 0.3 is 6.09 Å². The fourth-order valence-corrected chi connectivity index (χ4v) is 1.53. The van der Waals surface area contributed by atoms with Gasteiger partial charge in [-0.05, 0) is 24.3 Å². The maximum absolute atomic E-state index is 10.6. The van der Waals surface area contributed by atoms with Crippen LogP contribution < -0.4 is 5.32 Å². The summed E-state index contributed by atoms with van der Waals surface area (Å²) in [4.78, 5) is 25.2. The van der Waals surface area contributed by atoms with Crippen molar-refractivity contribution < 1.29 is 14.7 Å². The highest BCUT2D eigenvalue weighted by Crippen LogP contribution is 2.19. The van der Waals surface area contributed by atoms with E-state index in [1.165, 1.54) is 0 Å². The molecular formula is C13H10N2O3. The molecule has 0 spiro atoms. The molecule has 0 saturated heterocycles. The third-order valence-corrected chi connectivity index (χ3v) is 2.32. The molecule has 18 heavy (non-hydrogen) atoms. The molecule has 0 atom stereocenters. The van der Waals surface area contributed by atoms with Crippen LogP contribution in [0.25, 0.3) is 11.3 Å². The number of anilines is 1. The number of carbonyl (C=O) groups excluding carboxylic acids is 1. The number of hydrogen-bond donors (Lipinski definition) is 2. The van der Waals surface area contributed by atoms with Crippen molar-refractivity contribution >= 4 is 18.1 Å². The summed E-state index contributed by atoms with van der Waals surface area (Å²) in [5.41, 5.74) is 2.33. The first-order valence-corrected chi connectivity index (χ1v) is 5.21. The van der Waals surface area contributed by atoms with Crippen LogP contribution in [0.1, 0.15) is 10.5 Å². The van der Waals surface area contributed by atoms with Crippen LogP contribution in [-0.2, 0) is 0 Å². The second-order valence-electron chi connectivity index (χ2n) is 3.57. The molecule has 0 saturated carbocycles. The number of pyridine rings is 1. The van der Waals surface area contributed by atoms with E-state index in [1.807, 2.05) is 0 Å². The zero-order valence-electron chi connectivity index (χ0n) is 9.33. The Morgan fingerprint density at radius 3 is 2.50 bits per heavy atom. The summed E-state index contributed by atoms with van der Waals surface area (Å²) in [5.74, 6) is 0. The van der Waals surface area contributed by atoms with Crippen LogP contribution in [0, 0.1) is 0 Å². The molecule has 0 bridgehead atoms. The molecule has 2 rings (SSSR count). The molecule has 90 valence electrons. The van der Waals surface area contributed by atoms with Gasteiger partial charge in [-0.15, -0.1) is 0 Å². The minimum absolute atomic E-state index is 0.361. The van der Waals surface area contributed by atoms with E-state index in [1.54, 1.807) is 42.5 Å². The molecule has 0 aliphatic carbocycles. The summed E-state index contributed by atoms with van der Waals surface area (Å²) in [6.45, 7) is 0. The first-order valence-electron chi connectivity index (χ1n) is 5.21. The normalized spacial score (nSPS) is 9.78. The predicted molar refractivity (Wildman–Crippen MR) is 66.7 cm³/mol. The van der Waals surface area contributed by atoms with Gasteiger partial charge in [0.15, 0.2) is 6.29 Å². The molecule has 2 aromatic rings. The van der Waals surface area contributed by atoms with E-state index in [0.717, 1.165) is 5.56 Å². The van der Waals surface area contributed by atoms with Gasteiger partial charge in [0.05, 0.1) is 5.69 Å². The number of nitrogens with zero attached hydrogens (tertiary/aromatic N) is 1. The fourth-order valence-electron chi connectivity index (χ4n) is 1.53. The van der Waals surface area contributed by atoms with Crippen molar-refractivity contribution in [2.75, 3.05) is 5.32 Å². The molecule has 0 aliphatic rings. The van der Waals surface area contributed by atoms with Crippen LogP contribution in [-0.4, -0.2) is 22.5 Å². The van der Waals surface area contributed by atoms with Gasteiger partial charge in [-0.25, -0.2) is 9.78 Å². The minimum atomic E-state index is -1.11. The van der Waals surface area contributed by atoms with Crippen molar-refractivity contribution in [1.82, 2.24) is 4.98 Å². The molecule has 1 aromatic heterocycles. The van der Waals surface area contributed by atoms with Crippen molar-refractivity contribution in [3.05, 3.63) is 48.2 Å². The van der Waals surface area contributed by atoms with Crippen molar-refractivity contribution in [2.24, 2.45) is 0 Å². The molecule has 1 amide bonds. The van der Waals surface area contributed by atoms with Gasteiger partial charge in [0, 0.05) is 11.3 Å². The molecular weight excluding hydrogens is 232 g/mol. The highest BCUT2D eigenvalue weighted by molar-refractivity contribution is 5.83. The Morgan fingerprint density at radius 2 is 1.89 bits per heavy atom. The second kappa shape index (κ2) is 5.09. The number of hydrogen-bond acceptors (Lipinski definition) is 3. The van der Waals surface area contributed by atoms with Crippen LogP contribution in [0.5, 0.6) is 0 Å². The molecule has 1 aromatic carbocycles. The van der Waals surface area contributed by atoms with Crippen LogP contribution in [0.15, 0.2) is 42.5 Å². The van der Waals surface area contributed by atoms with E-state index in [9.17, 15) is 9.59 Å². The van der Waals surface area contributed by atoms with Crippen LogP contribution in [0.4, 0.5) is 10.5 Å². The third kappa shape index (κ3) is 2.70. The van der Waals surface area contributed by atoms with Crippen LogP contribution >= 0.6 is 0 Å². The number of nitrogens with one attached hydrogen (secondary N) is 1. The Balaban J connectivity index is 2.28. The topological polar surface area (TPSA) is 79.3 Å². The molecule has 0 aliphatic heterocycles. The van der Waals surface area contributed by atoms with Gasteiger partial charge in [-0.2, -0.15) is 0 Å². The van der Waals surface area contributed by atoms with Crippen LogP contribution in [0.2, 0.25) is 0 Å². The van der Waals surface area contributed by atoms with E-state index in [2.05, 4.69) is 10.3 Å². The summed E-state index contributed by atoms with van der Waals surface area (Å²) < 4.78 is 0.